The highest BCUT2D eigenvalue weighted by molar-refractivity contribution is 9.10. The second-order valence-electron chi connectivity index (χ2n) is 8.23. The van der Waals surface area contributed by atoms with E-state index in [1.54, 1.807) is 4.90 Å². The lowest BCUT2D eigenvalue weighted by Gasteiger charge is -2.38. The minimum absolute atomic E-state index is 0.221. The number of benzene rings is 1. The van der Waals surface area contributed by atoms with Crippen LogP contribution in [0.2, 0.25) is 0 Å². The van der Waals surface area contributed by atoms with E-state index < -0.39 is 5.60 Å². The smallest absolute Gasteiger partial charge is 0.410 e. The number of unbranched alkanes of at least 4 members (excludes halogenated alkanes) is 1. The zero-order chi connectivity index (χ0) is 20.0. The standard InChI is InChI=1S/C21H34BrN3O2/c1-5-6-7-16(15-23)18-14-17(22)8-9-19(18)24-10-12-25(13-11-24)20(26)27-21(2,3)4/h8-9,14,16H,5-7,10-13,15,23H2,1-4H3. The van der Waals surface area contributed by atoms with Crippen LogP contribution in [-0.2, 0) is 4.74 Å². The van der Waals surface area contributed by atoms with Crippen molar-refractivity contribution >= 4 is 27.7 Å². The van der Waals surface area contributed by atoms with Crippen LogP contribution in [0.15, 0.2) is 22.7 Å². The molecule has 1 heterocycles. The van der Waals surface area contributed by atoms with Gasteiger partial charge in [0.1, 0.15) is 5.60 Å². The molecule has 1 atom stereocenters. The van der Waals surface area contributed by atoms with Crippen LogP contribution in [0.5, 0.6) is 0 Å². The molecule has 1 amide bonds. The lowest BCUT2D eigenvalue weighted by Crippen LogP contribution is -2.50. The molecule has 1 aromatic rings. The van der Waals surface area contributed by atoms with Gasteiger partial charge < -0.3 is 20.3 Å². The molecule has 1 aliphatic heterocycles. The van der Waals surface area contributed by atoms with Crippen molar-refractivity contribution in [3.05, 3.63) is 28.2 Å². The molecule has 152 valence electrons. The molecule has 0 radical (unpaired) electrons. The van der Waals surface area contributed by atoms with Crippen LogP contribution in [0.1, 0.15) is 58.4 Å². The number of carbonyl (C=O) groups excluding carboxylic acids is 1. The zero-order valence-corrected chi connectivity index (χ0v) is 18.7. The Balaban J connectivity index is 2.10. The highest BCUT2D eigenvalue weighted by Gasteiger charge is 2.27. The first-order valence-corrected chi connectivity index (χ1v) is 10.8. The predicted octanol–water partition coefficient (Wildman–Crippen LogP) is 4.74. The van der Waals surface area contributed by atoms with Crippen LogP contribution in [0.4, 0.5) is 10.5 Å². The number of carbonyl (C=O) groups is 1. The van der Waals surface area contributed by atoms with Gasteiger partial charge in [0.25, 0.3) is 0 Å². The molecule has 0 spiro atoms. The predicted molar refractivity (Wildman–Crippen MR) is 115 cm³/mol. The second-order valence-corrected chi connectivity index (χ2v) is 9.15. The Morgan fingerprint density at radius 3 is 2.48 bits per heavy atom. The van der Waals surface area contributed by atoms with Gasteiger partial charge in [-0.1, -0.05) is 35.7 Å². The summed E-state index contributed by atoms with van der Waals surface area (Å²) >= 11 is 3.61. The minimum atomic E-state index is -0.458. The maximum absolute atomic E-state index is 12.3. The van der Waals surface area contributed by atoms with Gasteiger partial charge in [0, 0.05) is 36.3 Å². The monoisotopic (exact) mass is 439 g/mol. The van der Waals surface area contributed by atoms with Gasteiger partial charge in [-0.2, -0.15) is 0 Å². The van der Waals surface area contributed by atoms with Gasteiger partial charge in [0.2, 0.25) is 0 Å². The summed E-state index contributed by atoms with van der Waals surface area (Å²) in [6.07, 6.45) is 3.24. The SMILES string of the molecule is CCCCC(CN)c1cc(Br)ccc1N1CCN(C(=O)OC(C)(C)C)CC1. The van der Waals surface area contributed by atoms with Crippen LogP contribution < -0.4 is 10.6 Å². The van der Waals surface area contributed by atoms with Crippen molar-refractivity contribution in [1.82, 2.24) is 4.90 Å². The molecule has 0 saturated carbocycles. The number of rotatable bonds is 6. The van der Waals surface area contributed by atoms with Crippen molar-refractivity contribution in [2.45, 2.75) is 58.5 Å². The molecule has 1 aromatic carbocycles. The minimum Gasteiger partial charge on any atom is -0.444 e. The average Bonchev–Trinajstić information content (AvgIpc) is 2.61. The van der Waals surface area contributed by atoms with Gasteiger partial charge in [0.05, 0.1) is 0 Å². The maximum atomic E-state index is 12.3. The Hall–Kier alpha value is -1.27. The summed E-state index contributed by atoms with van der Waals surface area (Å²) in [6, 6.07) is 6.48. The lowest BCUT2D eigenvalue weighted by molar-refractivity contribution is 0.0240. The third kappa shape index (κ3) is 6.39. The molecular weight excluding hydrogens is 406 g/mol. The number of ether oxygens (including phenoxy) is 1. The fourth-order valence-corrected chi connectivity index (χ4v) is 3.83. The molecule has 0 aliphatic carbocycles. The van der Waals surface area contributed by atoms with Gasteiger partial charge in [-0.15, -0.1) is 0 Å². The highest BCUT2D eigenvalue weighted by atomic mass is 79.9. The van der Waals surface area contributed by atoms with Crippen LogP contribution in [0.25, 0.3) is 0 Å². The van der Waals surface area contributed by atoms with E-state index in [0.717, 1.165) is 24.0 Å². The number of anilines is 1. The fraction of sp³-hybridized carbons (Fsp3) is 0.667. The maximum Gasteiger partial charge on any atom is 0.410 e. The third-order valence-corrected chi connectivity index (χ3v) is 5.39. The number of nitrogens with two attached hydrogens (primary N) is 1. The van der Waals surface area contributed by atoms with Crippen molar-refractivity contribution in [1.29, 1.82) is 0 Å². The van der Waals surface area contributed by atoms with E-state index in [-0.39, 0.29) is 6.09 Å². The number of hydrogen-bond acceptors (Lipinski definition) is 4. The summed E-state index contributed by atoms with van der Waals surface area (Å²) < 4.78 is 6.59. The summed E-state index contributed by atoms with van der Waals surface area (Å²) in [6.45, 7) is 11.5. The Bertz CT molecular complexity index is 622. The van der Waals surface area contributed by atoms with Crippen molar-refractivity contribution in [3.63, 3.8) is 0 Å². The van der Waals surface area contributed by atoms with Crippen molar-refractivity contribution in [2.24, 2.45) is 5.73 Å². The first kappa shape index (κ1) is 22.0. The van der Waals surface area contributed by atoms with E-state index in [1.807, 2.05) is 20.8 Å². The van der Waals surface area contributed by atoms with E-state index >= 15 is 0 Å². The van der Waals surface area contributed by atoms with Crippen molar-refractivity contribution in [2.75, 3.05) is 37.6 Å². The quantitative estimate of drug-likeness (QED) is 0.694. The summed E-state index contributed by atoms with van der Waals surface area (Å²) in [5.74, 6) is 0.362. The van der Waals surface area contributed by atoms with Gasteiger partial charge in [-0.25, -0.2) is 4.79 Å². The van der Waals surface area contributed by atoms with E-state index in [0.29, 0.717) is 25.6 Å². The molecule has 1 aliphatic rings. The van der Waals surface area contributed by atoms with Crippen LogP contribution in [0.3, 0.4) is 0 Å². The van der Waals surface area contributed by atoms with Gasteiger partial charge in [-0.3, -0.25) is 0 Å². The van der Waals surface area contributed by atoms with E-state index in [2.05, 4.69) is 46.0 Å². The number of nitrogens with zero attached hydrogens (tertiary/aromatic N) is 2. The zero-order valence-electron chi connectivity index (χ0n) is 17.1. The molecule has 1 fully saturated rings. The molecule has 0 aromatic heterocycles. The summed E-state index contributed by atoms with van der Waals surface area (Å²) in [7, 11) is 0. The van der Waals surface area contributed by atoms with E-state index in [1.165, 1.54) is 24.1 Å². The normalized spacial score (nSPS) is 16.4. The Morgan fingerprint density at radius 2 is 1.93 bits per heavy atom. The number of amides is 1. The Kier molecular flexibility index (Phi) is 7.98. The molecule has 2 N–H and O–H groups in total. The Labute approximate surface area is 172 Å². The van der Waals surface area contributed by atoms with Crippen molar-refractivity contribution in [3.8, 4) is 0 Å². The molecule has 1 saturated heterocycles. The Morgan fingerprint density at radius 1 is 1.26 bits per heavy atom. The van der Waals surface area contributed by atoms with Crippen LogP contribution in [0, 0.1) is 0 Å². The van der Waals surface area contributed by atoms with E-state index in [9.17, 15) is 4.79 Å². The van der Waals surface area contributed by atoms with Gasteiger partial charge in [0.15, 0.2) is 0 Å². The lowest BCUT2D eigenvalue weighted by atomic mass is 9.91. The molecular formula is C21H34BrN3O2. The largest absolute Gasteiger partial charge is 0.444 e. The molecule has 2 rings (SSSR count). The number of halogens is 1. The summed E-state index contributed by atoms with van der Waals surface area (Å²) in [5, 5.41) is 0. The molecule has 5 nitrogen and oxygen atoms in total. The molecule has 0 bridgehead atoms. The third-order valence-electron chi connectivity index (χ3n) is 4.89. The average molecular weight is 440 g/mol. The molecule has 1 unspecified atom stereocenters. The topological polar surface area (TPSA) is 58.8 Å². The molecule has 6 heteroatoms. The highest BCUT2D eigenvalue weighted by Crippen LogP contribution is 2.33. The van der Waals surface area contributed by atoms with Crippen molar-refractivity contribution < 1.29 is 9.53 Å². The number of piperazine rings is 1. The summed E-state index contributed by atoms with van der Waals surface area (Å²) in [4.78, 5) is 16.5. The summed E-state index contributed by atoms with van der Waals surface area (Å²) in [5.41, 5.74) is 8.21. The van der Waals surface area contributed by atoms with E-state index in [4.69, 9.17) is 10.5 Å². The molecule has 27 heavy (non-hydrogen) atoms. The van der Waals surface area contributed by atoms with Gasteiger partial charge >= 0.3 is 6.09 Å². The van der Waals surface area contributed by atoms with Gasteiger partial charge in [-0.05, 0) is 63.4 Å². The first-order valence-electron chi connectivity index (χ1n) is 9.97. The first-order chi connectivity index (χ1) is 12.7. The van der Waals surface area contributed by atoms with Crippen LogP contribution >= 0.6 is 15.9 Å². The van der Waals surface area contributed by atoms with Crippen LogP contribution in [-0.4, -0.2) is 49.3 Å². The fourth-order valence-electron chi connectivity index (χ4n) is 3.45. The second kappa shape index (κ2) is 9.78. The number of hydrogen-bond donors (Lipinski definition) is 1.